The second kappa shape index (κ2) is 7.30. The zero-order chi connectivity index (χ0) is 19.8. The molecule has 0 spiro atoms. The lowest BCUT2D eigenvalue weighted by atomic mass is 9.81. The molecule has 146 valence electrons. The van der Waals surface area contributed by atoms with Crippen LogP contribution in [0.5, 0.6) is 0 Å². The smallest absolute Gasteiger partial charge is 0.225 e. The Balaban J connectivity index is 1.60. The first-order chi connectivity index (χ1) is 13.4. The van der Waals surface area contributed by atoms with Crippen LogP contribution in [0.2, 0.25) is 0 Å². The maximum Gasteiger partial charge on any atom is 0.225 e. The molecule has 1 saturated heterocycles. The highest BCUT2D eigenvalue weighted by Crippen LogP contribution is 2.34. The topological polar surface area (TPSA) is 89.2 Å². The summed E-state index contributed by atoms with van der Waals surface area (Å²) in [4.78, 5) is 35.5. The van der Waals surface area contributed by atoms with E-state index in [1.165, 1.54) is 12.1 Å². The zero-order valence-electron chi connectivity index (χ0n) is 15.8. The van der Waals surface area contributed by atoms with Gasteiger partial charge < -0.3 is 10.6 Å². The Bertz CT molecular complexity index is 921. The average Bonchev–Trinajstić information content (AvgIpc) is 2.68. The Labute approximate surface area is 163 Å². The van der Waals surface area contributed by atoms with E-state index >= 15 is 0 Å². The maximum atomic E-state index is 13.2. The Morgan fingerprint density at radius 2 is 1.82 bits per heavy atom. The molecule has 28 heavy (non-hydrogen) atoms. The van der Waals surface area contributed by atoms with Crippen molar-refractivity contribution in [2.75, 3.05) is 18.0 Å². The molecule has 0 bridgehead atoms. The van der Waals surface area contributed by atoms with Gasteiger partial charge in [0.2, 0.25) is 11.9 Å². The first-order valence-corrected chi connectivity index (χ1v) is 9.63. The highest BCUT2D eigenvalue weighted by molar-refractivity contribution is 5.99. The summed E-state index contributed by atoms with van der Waals surface area (Å²) in [5, 5.41) is 0. The number of hydrogen-bond acceptors (Lipinski definition) is 5. The Morgan fingerprint density at radius 1 is 1.14 bits per heavy atom. The van der Waals surface area contributed by atoms with Crippen molar-refractivity contribution >= 4 is 17.6 Å². The van der Waals surface area contributed by atoms with E-state index in [1.807, 2.05) is 6.92 Å². The van der Waals surface area contributed by atoms with E-state index in [2.05, 4.69) is 9.88 Å². The van der Waals surface area contributed by atoms with Gasteiger partial charge in [0.05, 0.1) is 17.0 Å². The zero-order valence-corrected chi connectivity index (χ0v) is 15.8. The summed E-state index contributed by atoms with van der Waals surface area (Å²) in [7, 11) is 0. The van der Waals surface area contributed by atoms with Crippen LogP contribution in [0.4, 0.5) is 10.3 Å². The van der Waals surface area contributed by atoms with Gasteiger partial charge in [-0.05, 0) is 49.8 Å². The third-order valence-electron chi connectivity index (χ3n) is 5.83. The van der Waals surface area contributed by atoms with Crippen molar-refractivity contribution in [2.45, 2.75) is 38.5 Å². The van der Waals surface area contributed by atoms with E-state index in [1.54, 1.807) is 12.1 Å². The SMILES string of the molecule is Cc1nc(N2CCC(C(N)=O)CC2)nc2c1C(=O)C[C@@H](c1ccc(F)cc1)C2. The van der Waals surface area contributed by atoms with Crippen molar-refractivity contribution in [3.63, 3.8) is 0 Å². The molecule has 1 aromatic heterocycles. The number of anilines is 1. The van der Waals surface area contributed by atoms with Crippen molar-refractivity contribution in [2.24, 2.45) is 11.7 Å². The summed E-state index contributed by atoms with van der Waals surface area (Å²) in [6, 6.07) is 6.33. The number of primary amides is 1. The number of carbonyl (C=O) groups excluding carboxylic acids is 2. The lowest BCUT2D eigenvalue weighted by Crippen LogP contribution is -2.39. The van der Waals surface area contributed by atoms with Gasteiger partial charge in [-0.3, -0.25) is 9.59 Å². The van der Waals surface area contributed by atoms with Gasteiger partial charge in [0.1, 0.15) is 5.82 Å². The van der Waals surface area contributed by atoms with Crippen molar-refractivity contribution in [1.82, 2.24) is 9.97 Å². The Hall–Kier alpha value is -2.83. The maximum absolute atomic E-state index is 13.2. The number of Topliss-reactive ketones (excluding diaryl/α,β-unsaturated/α-hetero) is 1. The number of rotatable bonds is 3. The standard InChI is InChI=1S/C21H23FN4O2/c1-12-19-17(10-15(11-18(19)27)13-2-4-16(22)5-3-13)25-21(24-12)26-8-6-14(7-9-26)20(23)28/h2-5,14-15H,6-11H2,1H3,(H2,23,28)/t15-/m0/s1. The third kappa shape index (κ3) is 3.48. The first-order valence-electron chi connectivity index (χ1n) is 9.63. The fourth-order valence-corrected chi connectivity index (χ4v) is 4.23. The molecule has 6 nitrogen and oxygen atoms in total. The Morgan fingerprint density at radius 3 is 2.46 bits per heavy atom. The van der Waals surface area contributed by atoms with Gasteiger partial charge in [0.15, 0.2) is 5.78 Å². The summed E-state index contributed by atoms with van der Waals surface area (Å²) in [5.74, 6) is -0.0115. The van der Waals surface area contributed by atoms with E-state index in [4.69, 9.17) is 10.7 Å². The lowest BCUT2D eigenvalue weighted by molar-refractivity contribution is -0.122. The van der Waals surface area contributed by atoms with Crippen LogP contribution in [0.3, 0.4) is 0 Å². The highest BCUT2D eigenvalue weighted by Gasteiger charge is 2.31. The number of nitrogens with zero attached hydrogens (tertiary/aromatic N) is 3. The van der Waals surface area contributed by atoms with E-state index in [0.29, 0.717) is 56.0 Å². The van der Waals surface area contributed by atoms with Gasteiger partial charge in [-0.1, -0.05) is 12.1 Å². The molecule has 2 N–H and O–H groups in total. The number of hydrogen-bond donors (Lipinski definition) is 1. The number of amides is 1. The molecule has 1 atom stereocenters. The van der Waals surface area contributed by atoms with Gasteiger partial charge in [-0.15, -0.1) is 0 Å². The van der Waals surface area contributed by atoms with Crippen LogP contribution in [0.25, 0.3) is 0 Å². The van der Waals surface area contributed by atoms with Gasteiger partial charge in [0, 0.05) is 25.4 Å². The minimum atomic E-state index is -0.286. The number of ketones is 1. The fourth-order valence-electron chi connectivity index (χ4n) is 4.23. The van der Waals surface area contributed by atoms with Crippen LogP contribution in [0.15, 0.2) is 24.3 Å². The van der Waals surface area contributed by atoms with Crippen LogP contribution in [-0.4, -0.2) is 34.7 Å². The molecule has 2 aliphatic rings. The molecular formula is C21H23FN4O2. The van der Waals surface area contributed by atoms with Crippen LogP contribution >= 0.6 is 0 Å². The van der Waals surface area contributed by atoms with Crippen molar-refractivity contribution in [3.05, 3.63) is 52.6 Å². The molecule has 0 unspecified atom stereocenters. The molecule has 2 heterocycles. The summed E-state index contributed by atoms with van der Waals surface area (Å²) in [5.41, 5.74) is 8.43. The number of benzene rings is 1. The number of fused-ring (bicyclic) bond motifs is 1. The van der Waals surface area contributed by atoms with E-state index in [-0.39, 0.29) is 29.3 Å². The second-order valence-corrected chi connectivity index (χ2v) is 7.67. The molecule has 1 aliphatic heterocycles. The molecule has 0 saturated carbocycles. The van der Waals surface area contributed by atoms with Gasteiger partial charge in [-0.2, -0.15) is 0 Å². The van der Waals surface area contributed by atoms with Crippen LogP contribution in [-0.2, 0) is 11.2 Å². The number of halogens is 1. The molecule has 4 rings (SSSR count). The number of aryl methyl sites for hydroxylation is 1. The minimum absolute atomic E-state index is 0.0108. The van der Waals surface area contributed by atoms with Crippen molar-refractivity contribution < 1.29 is 14.0 Å². The first kappa shape index (κ1) is 18.5. The van der Waals surface area contributed by atoms with Crippen LogP contribution in [0.1, 0.15) is 52.5 Å². The largest absolute Gasteiger partial charge is 0.369 e. The van der Waals surface area contributed by atoms with E-state index in [0.717, 1.165) is 11.3 Å². The molecule has 0 radical (unpaired) electrons. The molecule has 7 heteroatoms. The average molecular weight is 382 g/mol. The molecular weight excluding hydrogens is 359 g/mol. The fraction of sp³-hybridized carbons (Fsp3) is 0.429. The van der Waals surface area contributed by atoms with Crippen molar-refractivity contribution in [1.29, 1.82) is 0 Å². The quantitative estimate of drug-likeness (QED) is 0.881. The summed E-state index contributed by atoms with van der Waals surface area (Å²) in [6.45, 7) is 3.18. The monoisotopic (exact) mass is 382 g/mol. The molecule has 1 amide bonds. The predicted molar refractivity (Wildman–Crippen MR) is 103 cm³/mol. The summed E-state index contributed by atoms with van der Waals surface area (Å²) in [6.07, 6.45) is 2.38. The molecule has 2 aromatic rings. The van der Waals surface area contributed by atoms with Gasteiger partial charge in [-0.25, -0.2) is 14.4 Å². The summed E-state index contributed by atoms with van der Waals surface area (Å²) >= 11 is 0. The van der Waals surface area contributed by atoms with E-state index < -0.39 is 0 Å². The van der Waals surface area contributed by atoms with Crippen molar-refractivity contribution in [3.8, 4) is 0 Å². The number of piperidine rings is 1. The van der Waals surface area contributed by atoms with Gasteiger partial charge in [0.25, 0.3) is 0 Å². The van der Waals surface area contributed by atoms with Gasteiger partial charge >= 0.3 is 0 Å². The van der Waals surface area contributed by atoms with E-state index in [9.17, 15) is 14.0 Å². The molecule has 1 aliphatic carbocycles. The minimum Gasteiger partial charge on any atom is -0.369 e. The Kier molecular flexibility index (Phi) is 4.83. The summed E-state index contributed by atoms with van der Waals surface area (Å²) < 4.78 is 13.2. The highest BCUT2D eigenvalue weighted by atomic mass is 19.1. The third-order valence-corrected chi connectivity index (χ3v) is 5.83. The number of nitrogens with two attached hydrogens (primary N) is 1. The number of aromatic nitrogens is 2. The van der Waals surface area contributed by atoms with Crippen LogP contribution < -0.4 is 10.6 Å². The normalized spacial score (nSPS) is 20.1. The lowest BCUT2D eigenvalue weighted by Gasteiger charge is -2.32. The molecule has 1 aromatic carbocycles. The number of carbonyl (C=O) groups is 2. The molecule has 1 fully saturated rings. The second-order valence-electron chi connectivity index (χ2n) is 7.67. The predicted octanol–water partition coefficient (Wildman–Crippen LogP) is 2.54. The van der Waals surface area contributed by atoms with Crippen LogP contribution in [0, 0.1) is 18.7 Å².